The molecule has 1 aromatic rings. The summed E-state index contributed by atoms with van der Waals surface area (Å²) < 4.78 is 36.5. The molecule has 0 saturated heterocycles. The van der Waals surface area contributed by atoms with Gasteiger partial charge in [0, 0.05) is 18.2 Å². The minimum atomic E-state index is -3.45. The first-order valence-corrected chi connectivity index (χ1v) is 7.90. The Balaban J connectivity index is 2.91. The molecular formula is C13H18FNO4S. The van der Waals surface area contributed by atoms with Gasteiger partial charge < -0.3 is 10.4 Å². The zero-order valence-corrected chi connectivity index (χ0v) is 12.4. The highest BCUT2D eigenvalue weighted by molar-refractivity contribution is 7.90. The van der Waals surface area contributed by atoms with E-state index < -0.39 is 27.2 Å². The number of carboxylic acids is 1. The second-order valence-electron chi connectivity index (χ2n) is 5.32. The number of hydrogen-bond donors (Lipinski definition) is 2. The van der Waals surface area contributed by atoms with Gasteiger partial charge in [0.1, 0.15) is 5.82 Å². The van der Waals surface area contributed by atoms with E-state index in [1.54, 1.807) is 13.8 Å². The Hall–Kier alpha value is -1.63. The van der Waals surface area contributed by atoms with Gasteiger partial charge in [-0.25, -0.2) is 12.8 Å². The predicted molar refractivity (Wildman–Crippen MR) is 74.1 cm³/mol. The SMILES string of the molecule is CC(C)(CCC(=O)O)Nc1ccc(S(C)(=O)=O)cc1F. The van der Waals surface area contributed by atoms with Crippen LogP contribution < -0.4 is 5.32 Å². The average Bonchev–Trinajstić information content (AvgIpc) is 2.28. The Labute approximate surface area is 117 Å². The highest BCUT2D eigenvalue weighted by Crippen LogP contribution is 2.24. The molecule has 0 heterocycles. The van der Waals surface area contributed by atoms with Crippen molar-refractivity contribution in [1.29, 1.82) is 0 Å². The van der Waals surface area contributed by atoms with E-state index in [-0.39, 0.29) is 17.0 Å². The second kappa shape index (κ2) is 5.78. The lowest BCUT2D eigenvalue weighted by Gasteiger charge is -2.27. The van der Waals surface area contributed by atoms with Crippen molar-refractivity contribution in [2.45, 2.75) is 37.1 Å². The van der Waals surface area contributed by atoms with E-state index in [1.165, 1.54) is 12.1 Å². The minimum absolute atomic E-state index is 0.0386. The molecular weight excluding hydrogens is 285 g/mol. The third kappa shape index (κ3) is 4.80. The number of benzene rings is 1. The van der Waals surface area contributed by atoms with Gasteiger partial charge in [-0.15, -0.1) is 0 Å². The fourth-order valence-corrected chi connectivity index (χ4v) is 2.31. The molecule has 0 unspecified atom stereocenters. The third-order valence-electron chi connectivity index (χ3n) is 2.81. The van der Waals surface area contributed by atoms with Crippen LogP contribution in [0, 0.1) is 5.82 Å². The Morgan fingerprint density at radius 3 is 2.45 bits per heavy atom. The van der Waals surface area contributed by atoms with Crippen molar-refractivity contribution in [3.8, 4) is 0 Å². The number of anilines is 1. The van der Waals surface area contributed by atoms with Gasteiger partial charge >= 0.3 is 5.97 Å². The van der Waals surface area contributed by atoms with Gasteiger partial charge in [0.15, 0.2) is 9.84 Å². The first-order valence-electron chi connectivity index (χ1n) is 6.01. The standard InChI is InChI=1S/C13H18FNO4S/c1-13(2,7-6-12(16)17)15-11-5-4-9(8-10(11)14)20(3,18)19/h4-5,8,15H,6-7H2,1-3H3,(H,16,17). The lowest BCUT2D eigenvalue weighted by Crippen LogP contribution is -2.32. The summed E-state index contributed by atoms with van der Waals surface area (Å²) in [5, 5.41) is 11.5. The molecule has 0 aliphatic carbocycles. The number of rotatable bonds is 6. The summed E-state index contributed by atoms with van der Waals surface area (Å²) in [5.41, 5.74) is -0.473. The van der Waals surface area contributed by atoms with Crippen molar-refractivity contribution < 1.29 is 22.7 Å². The van der Waals surface area contributed by atoms with Crippen LogP contribution in [0.1, 0.15) is 26.7 Å². The highest BCUT2D eigenvalue weighted by atomic mass is 32.2. The molecule has 0 bridgehead atoms. The maximum Gasteiger partial charge on any atom is 0.303 e. The molecule has 0 aliphatic heterocycles. The van der Waals surface area contributed by atoms with E-state index >= 15 is 0 Å². The van der Waals surface area contributed by atoms with Gasteiger partial charge in [-0.3, -0.25) is 4.79 Å². The lowest BCUT2D eigenvalue weighted by molar-refractivity contribution is -0.137. The highest BCUT2D eigenvalue weighted by Gasteiger charge is 2.21. The summed E-state index contributed by atoms with van der Waals surface area (Å²) in [6.07, 6.45) is 1.28. The molecule has 0 saturated carbocycles. The van der Waals surface area contributed by atoms with Crippen molar-refractivity contribution in [3.63, 3.8) is 0 Å². The van der Waals surface area contributed by atoms with Crippen molar-refractivity contribution in [2.75, 3.05) is 11.6 Å². The number of nitrogens with one attached hydrogen (secondary N) is 1. The van der Waals surface area contributed by atoms with Gasteiger partial charge in [0.2, 0.25) is 0 Å². The van der Waals surface area contributed by atoms with Crippen molar-refractivity contribution in [3.05, 3.63) is 24.0 Å². The van der Waals surface area contributed by atoms with Crippen LogP contribution in [0.25, 0.3) is 0 Å². The molecule has 5 nitrogen and oxygen atoms in total. The van der Waals surface area contributed by atoms with Crippen LogP contribution in [0.4, 0.5) is 10.1 Å². The molecule has 0 fully saturated rings. The fourth-order valence-electron chi connectivity index (χ4n) is 1.67. The Morgan fingerprint density at radius 1 is 1.40 bits per heavy atom. The molecule has 0 spiro atoms. The van der Waals surface area contributed by atoms with Gasteiger partial charge in [0.05, 0.1) is 10.6 Å². The topological polar surface area (TPSA) is 83.5 Å². The summed E-state index contributed by atoms with van der Waals surface area (Å²) in [5.74, 6) is -1.61. The average molecular weight is 303 g/mol. The molecule has 0 amide bonds. The third-order valence-corrected chi connectivity index (χ3v) is 3.92. The number of hydrogen-bond acceptors (Lipinski definition) is 4. The van der Waals surface area contributed by atoms with E-state index in [9.17, 15) is 17.6 Å². The fraction of sp³-hybridized carbons (Fsp3) is 0.462. The number of sulfone groups is 1. The Bertz CT molecular complexity index is 611. The zero-order valence-electron chi connectivity index (χ0n) is 11.6. The van der Waals surface area contributed by atoms with Crippen molar-refractivity contribution in [2.24, 2.45) is 0 Å². The van der Waals surface area contributed by atoms with E-state index in [2.05, 4.69) is 5.32 Å². The summed E-state index contributed by atoms with van der Waals surface area (Å²) >= 11 is 0. The van der Waals surface area contributed by atoms with Crippen molar-refractivity contribution >= 4 is 21.5 Å². The van der Waals surface area contributed by atoms with Crippen LogP contribution in [0.15, 0.2) is 23.1 Å². The van der Waals surface area contributed by atoms with E-state index in [4.69, 9.17) is 5.11 Å². The summed E-state index contributed by atoms with van der Waals surface area (Å²) in [4.78, 5) is 10.5. The van der Waals surface area contributed by atoms with Gasteiger partial charge in [-0.05, 0) is 38.5 Å². The largest absolute Gasteiger partial charge is 0.481 e. The molecule has 2 N–H and O–H groups in total. The molecule has 1 aromatic carbocycles. The van der Waals surface area contributed by atoms with Crippen LogP contribution in [0.3, 0.4) is 0 Å². The maximum absolute atomic E-state index is 13.9. The van der Waals surface area contributed by atoms with Crippen LogP contribution in [-0.2, 0) is 14.6 Å². The number of carboxylic acid groups (broad SMARTS) is 1. The van der Waals surface area contributed by atoms with E-state index in [0.717, 1.165) is 12.3 Å². The van der Waals surface area contributed by atoms with Crippen LogP contribution in [0.2, 0.25) is 0 Å². The molecule has 1 rings (SSSR count). The van der Waals surface area contributed by atoms with Gasteiger partial charge in [-0.2, -0.15) is 0 Å². The number of aliphatic carboxylic acids is 1. The molecule has 112 valence electrons. The monoisotopic (exact) mass is 303 g/mol. The lowest BCUT2D eigenvalue weighted by atomic mass is 9.98. The molecule has 0 aliphatic rings. The van der Waals surface area contributed by atoms with Gasteiger partial charge in [0.25, 0.3) is 0 Å². The Morgan fingerprint density at radius 2 is 2.00 bits per heavy atom. The number of carbonyl (C=O) groups is 1. The second-order valence-corrected chi connectivity index (χ2v) is 7.33. The maximum atomic E-state index is 13.9. The van der Waals surface area contributed by atoms with Crippen LogP contribution >= 0.6 is 0 Å². The van der Waals surface area contributed by atoms with Crippen LogP contribution in [-0.4, -0.2) is 31.3 Å². The first kappa shape index (κ1) is 16.4. The minimum Gasteiger partial charge on any atom is -0.481 e. The molecule has 0 atom stereocenters. The molecule has 7 heteroatoms. The Kier molecular flexibility index (Phi) is 4.75. The molecule has 20 heavy (non-hydrogen) atoms. The summed E-state index contributed by atoms with van der Waals surface area (Å²) in [6, 6.07) is 3.60. The smallest absolute Gasteiger partial charge is 0.303 e. The number of halogens is 1. The predicted octanol–water partition coefficient (Wildman–Crippen LogP) is 2.28. The van der Waals surface area contributed by atoms with Crippen LogP contribution in [0.5, 0.6) is 0 Å². The summed E-state index contributed by atoms with van der Waals surface area (Å²) in [7, 11) is -3.45. The van der Waals surface area contributed by atoms with Gasteiger partial charge in [-0.1, -0.05) is 0 Å². The molecule has 0 radical (unpaired) electrons. The molecule has 0 aromatic heterocycles. The normalized spacial score (nSPS) is 12.2. The van der Waals surface area contributed by atoms with E-state index in [0.29, 0.717) is 6.42 Å². The summed E-state index contributed by atoms with van der Waals surface area (Å²) in [6.45, 7) is 3.50. The van der Waals surface area contributed by atoms with E-state index in [1.807, 2.05) is 0 Å². The zero-order chi connectivity index (χ0) is 15.6. The first-order chi connectivity index (χ1) is 9.01. The quantitative estimate of drug-likeness (QED) is 0.842. The van der Waals surface area contributed by atoms with Crippen molar-refractivity contribution in [1.82, 2.24) is 0 Å².